The number of nitrogens with one attached hydrogen (secondary N) is 3. The van der Waals surface area contributed by atoms with E-state index in [1.165, 1.54) is 23.5 Å². The van der Waals surface area contributed by atoms with Crippen molar-refractivity contribution in [3.63, 3.8) is 0 Å². The van der Waals surface area contributed by atoms with Crippen molar-refractivity contribution < 1.29 is 8.42 Å². The van der Waals surface area contributed by atoms with Crippen LogP contribution in [-0.4, -0.2) is 48.9 Å². The van der Waals surface area contributed by atoms with Crippen LogP contribution in [0.3, 0.4) is 0 Å². The average Bonchev–Trinajstić information content (AvgIpc) is 3.05. The summed E-state index contributed by atoms with van der Waals surface area (Å²) in [4.78, 5) is 6.69. The van der Waals surface area contributed by atoms with E-state index in [-0.39, 0.29) is 6.54 Å². The number of nitrogens with zero attached hydrogens (tertiary/aromatic N) is 2. The Morgan fingerprint density at radius 1 is 1.53 bits per heavy atom. The van der Waals surface area contributed by atoms with Crippen LogP contribution in [0.15, 0.2) is 12.5 Å². The van der Waals surface area contributed by atoms with Crippen LogP contribution in [0, 0.1) is 0 Å². The van der Waals surface area contributed by atoms with Gasteiger partial charge in [-0.25, -0.2) is 4.98 Å². The van der Waals surface area contributed by atoms with Crippen LogP contribution in [-0.2, 0) is 16.8 Å². The number of rotatable bonds is 9. The first kappa shape index (κ1) is 14.4. The first-order valence-electron chi connectivity index (χ1n) is 6.49. The quantitative estimate of drug-likeness (QED) is 0.550. The first-order chi connectivity index (χ1) is 9.08. The van der Waals surface area contributed by atoms with Crippen LogP contribution in [0.1, 0.15) is 25.0 Å². The summed E-state index contributed by atoms with van der Waals surface area (Å²) in [5.41, 5.74) is 0.743. The number of H-pyrrole nitrogens is 1. The molecular weight excluding hydrogens is 266 g/mol. The second-order valence-electron chi connectivity index (χ2n) is 4.81. The Balaban J connectivity index is 1.67. The molecule has 0 spiro atoms. The molecule has 1 saturated carbocycles. The van der Waals surface area contributed by atoms with Crippen LogP contribution >= 0.6 is 0 Å². The monoisotopic (exact) mass is 287 g/mol. The fourth-order valence-electron chi connectivity index (χ4n) is 1.68. The third kappa shape index (κ3) is 4.90. The predicted octanol–water partition coefficient (Wildman–Crippen LogP) is -0.182. The van der Waals surface area contributed by atoms with Gasteiger partial charge in [0.1, 0.15) is 0 Å². The van der Waals surface area contributed by atoms with Crippen molar-refractivity contribution in [3.8, 4) is 0 Å². The highest BCUT2D eigenvalue weighted by atomic mass is 32.2. The molecule has 0 aromatic carbocycles. The van der Waals surface area contributed by atoms with Gasteiger partial charge < -0.3 is 10.3 Å². The van der Waals surface area contributed by atoms with E-state index in [0.717, 1.165) is 18.7 Å². The number of hydrogen-bond donors (Lipinski definition) is 3. The van der Waals surface area contributed by atoms with E-state index in [9.17, 15) is 8.42 Å². The molecule has 3 N–H and O–H groups in total. The van der Waals surface area contributed by atoms with Gasteiger partial charge in [0.05, 0.1) is 12.9 Å². The maximum absolute atomic E-state index is 11.9. The van der Waals surface area contributed by atoms with Crippen LogP contribution in [0.25, 0.3) is 0 Å². The van der Waals surface area contributed by atoms with Crippen LogP contribution in [0.5, 0.6) is 0 Å². The summed E-state index contributed by atoms with van der Waals surface area (Å²) in [6.45, 7) is 1.61. The van der Waals surface area contributed by atoms with Crippen molar-refractivity contribution in [2.75, 3.05) is 20.1 Å². The largest absolute Gasteiger partial charge is 0.347 e. The molecule has 0 aliphatic heterocycles. The number of imidazole rings is 1. The molecule has 0 atom stereocenters. The molecule has 1 aromatic heterocycles. The third-order valence-electron chi connectivity index (χ3n) is 3.07. The van der Waals surface area contributed by atoms with Gasteiger partial charge in [-0.1, -0.05) is 0 Å². The lowest BCUT2D eigenvalue weighted by Crippen LogP contribution is -2.39. The molecule has 0 unspecified atom stereocenters. The highest BCUT2D eigenvalue weighted by Gasteiger charge is 2.20. The van der Waals surface area contributed by atoms with Gasteiger partial charge in [0.25, 0.3) is 10.2 Å². The molecule has 2 rings (SSSR count). The Morgan fingerprint density at radius 3 is 2.95 bits per heavy atom. The average molecular weight is 287 g/mol. The molecule has 108 valence electrons. The molecule has 1 aliphatic carbocycles. The van der Waals surface area contributed by atoms with E-state index in [1.54, 1.807) is 13.2 Å². The van der Waals surface area contributed by atoms with E-state index in [1.807, 2.05) is 0 Å². The number of hydrogen-bond acceptors (Lipinski definition) is 4. The van der Waals surface area contributed by atoms with Gasteiger partial charge in [0.15, 0.2) is 0 Å². The Labute approximate surface area is 114 Å². The van der Waals surface area contributed by atoms with Gasteiger partial charge in [0, 0.05) is 31.5 Å². The van der Waals surface area contributed by atoms with Crippen molar-refractivity contribution in [1.29, 1.82) is 0 Å². The molecule has 1 aromatic rings. The minimum atomic E-state index is -3.41. The molecular formula is C11H21N5O2S. The van der Waals surface area contributed by atoms with E-state index >= 15 is 0 Å². The van der Waals surface area contributed by atoms with Gasteiger partial charge in [-0.05, 0) is 25.8 Å². The lowest BCUT2D eigenvalue weighted by Gasteiger charge is -2.17. The van der Waals surface area contributed by atoms with Gasteiger partial charge in [0.2, 0.25) is 0 Å². The molecule has 7 nitrogen and oxygen atoms in total. The topological polar surface area (TPSA) is 90.1 Å². The first-order valence-corrected chi connectivity index (χ1v) is 7.93. The minimum absolute atomic E-state index is 0.229. The maximum atomic E-state index is 11.9. The van der Waals surface area contributed by atoms with E-state index in [2.05, 4.69) is 20.0 Å². The third-order valence-corrected chi connectivity index (χ3v) is 4.58. The van der Waals surface area contributed by atoms with Crippen molar-refractivity contribution in [2.24, 2.45) is 0 Å². The summed E-state index contributed by atoms with van der Waals surface area (Å²) in [6.07, 6.45) is 6.44. The SMILES string of the molecule is CN(CCCNC1CC1)S(=O)(=O)NCc1cnc[nH]1. The molecule has 8 heteroatoms. The molecule has 0 bridgehead atoms. The predicted molar refractivity (Wildman–Crippen MR) is 72.6 cm³/mol. The highest BCUT2D eigenvalue weighted by Crippen LogP contribution is 2.18. The zero-order valence-corrected chi connectivity index (χ0v) is 11.9. The fraction of sp³-hybridized carbons (Fsp3) is 0.727. The molecule has 1 fully saturated rings. The van der Waals surface area contributed by atoms with Crippen LogP contribution in [0.4, 0.5) is 0 Å². The molecule has 0 amide bonds. The zero-order chi connectivity index (χ0) is 13.7. The van der Waals surface area contributed by atoms with E-state index < -0.39 is 10.2 Å². The lowest BCUT2D eigenvalue weighted by atomic mass is 10.4. The van der Waals surface area contributed by atoms with Crippen LogP contribution < -0.4 is 10.0 Å². The van der Waals surface area contributed by atoms with Crippen molar-refractivity contribution >= 4 is 10.2 Å². The molecule has 1 heterocycles. The summed E-state index contributed by atoms with van der Waals surface area (Å²) >= 11 is 0. The molecule has 0 saturated heterocycles. The molecule has 1 aliphatic rings. The van der Waals surface area contributed by atoms with Crippen molar-refractivity contribution in [2.45, 2.75) is 31.8 Å². The van der Waals surface area contributed by atoms with Gasteiger partial charge in [-0.2, -0.15) is 17.4 Å². The molecule has 19 heavy (non-hydrogen) atoms. The standard InChI is InChI=1S/C11H21N5O2S/c1-16(6-2-5-13-10-3-4-10)19(17,18)15-8-11-7-12-9-14-11/h7,9-10,13,15H,2-6,8H2,1H3,(H,12,14). The smallest absolute Gasteiger partial charge is 0.279 e. The number of aromatic nitrogens is 2. The zero-order valence-electron chi connectivity index (χ0n) is 11.1. The fourth-order valence-corrected chi connectivity index (χ4v) is 2.60. The Hall–Kier alpha value is -0.960. The van der Waals surface area contributed by atoms with E-state index in [0.29, 0.717) is 12.6 Å². The molecule has 0 radical (unpaired) electrons. The lowest BCUT2D eigenvalue weighted by molar-refractivity contribution is 0.443. The summed E-state index contributed by atoms with van der Waals surface area (Å²) in [6, 6.07) is 0.667. The Morgan fingerprint density at radius 2 is 2.32 bits per heavy atom. The van der Waals surface area contributed by atoms with Gasteiger partial charge >= 0.3 is 0 Å². The highest BCUT2D eigenvalue weighted by molar-refractivity contribution is 7.87. The summed E-state index contributed by atoms with van der Waals surface area (Å²) in [5.74, 6) is 0. The summed E-state index contributed by atoms with van der Waals surface area (Å²) in [7, 11) is -1.82. The second kappa shape index (κ2) is 6.47. The minimum Gasteiger partial charge on any atom is -0.347 e. The van der Waals surface area contributed by atoms with Crippen molar-refractivity contribution in [1.82, 2.24) is 24.3 Å². The van der Waals surface area contributed by atoms with Gasteiger partial charge in [-0.15, -0.1) is 0 Å². The second-order valence-corrected chi connectivity index (χ2v) is 6.67. The summed E-state index contributed by atoms with van der Waals surface area (Å²) in [5, 5.41) is 3.36. The summed E-state index contributed by atoms with van der Waals surface area (Å²) < 4.78 is 27.7. The van der Waals surface area contributed by atoms with Crippen LogP contribution in [0.2, 0.25) is 0 Å². The Kier molecular flexibility index (Phi) is 4.92. The normalized spacial score (nSPS) is 16.1. The van der Waals surface area contributed by atoms with Gasteiger partial charge in [-0.3, -0.25) is 0 Å². The number of aromatic amines is 1. The maximum Gasteiger partial charge on any atom is 0.279 e. The van der Waals surface area contributed by atoms with E-state index in [4.69, 9.17) is 0 Å². The van der Waals surface area contributed by atoms with Crippen molar-refractivity contribution in [3.05, 3.63) is 18.2 Å². The Bertz CT molecular complexity index is 469.